The highest BCUT2D eigenvalue weighted by Crippen LogP contribution is 2.18. The van der Waals surface area contributed by atoms with Crippen LogP contribution in [0.4, 0.5) is 5.82 Å². The summed E-state index contributed by atoms with van der Waals surface area (Å²) in [5.74, 6) is 0.877. The summed E-state index contributed by atoms with van der Waals surface area (Å²) in [5, 5.41) is 3.81. The van der Waals surface area contributed by atoms with Gasteiger partial charge in [-0.1, -0.05) is 5.16 Å². The first-order chi connectivity index (χ1) is 10.2. The lowest BCUT2D eigenvalue weighted by atomic mass is 10.2. The molecule has 0 aliphatic carbocycles. The maximum atomic E-state index is 12.3. The van der Waals surface area contributed by atoms with Crippen LogP contribution in [0.3, 0.4) is 0 Å². The van der Waals surface area contributed by atoms with Crippen LogP contribution in [-0.2, 0) is 6.54 Å². The van der Waals surface area contributed by atoms with Crippen LogP contribution in [-0.4, -0.2) is 41.1 Å². The Morgan fingerprint density at radius 1 is 1.33 bits per heavy atom. The molecule has 1 aliphatic rings. The van der Waals surface area contributed by atoms with Crippen molar-refractivity contribution in [3.05, 3.63) is 41.9 Å². The summed E-state index contributed by atoms with van der Waals surface area (Å²) in [6.45, 7) is 2.52. The molecule has 6 heteroatoms. The fraction of sp³-hybridized carbons (Fsp3) is 0.400. The summed E-state index contributed by atoms with van der Waals surface area (Å²) in [6.07, 6.45) is 5.57. The Kier molecular flexibility index (Phi) is 3.85. The van der Waals surface area contributed by atoms with Crippen molar-refractivity contribution in [3.8, 4) is 0 Å². The summed E-state index contributed by atoms with van der Waals surface area (Å²) in [7, 11) is 1.74. The Bertz CT molecular complexity index is 589. The van der Waals surface area contributed by atoms with Crippen molar-refractivity contribution >= 4 is 11.7 Å². The van der Waals surface area contributed by atoms with E-state index in [-0.39, 0.29) is 5.91 Å². The van der Waals surface area contributed by atoms with Gasteiger partial charge in [0.25, 0.3) is 5.91 Å². The summed E-state index contributed by atoms with van der Waals surface area (Å²) < 4.78 is 4.77. The van der Waals surface area contributed by atoms with E-state index in [1.54, 1.807) is 24.2 Å². The van der Waals surface area contributed by atoms with E-state index in [4.69, 9.17) is 4.52 Å². The van der Waals surface area contributed by atoms with Crippen LogP contribution in [0.5, 0.6) is 0 Å². The van der Waals surface area contributed by atoms with Gasteiger partial charge in [0.15, 0.2) is 0 Å². The molecule has 3 heterocycles. The van der Waals surface area contributed by atoms with Crippen LogP contribution in [0.25, 0.3) is 0 Å². The predicted molar refractivity (Wildman–Crippen MR) is 78.0 cm³/mol. The molecule has 2 aromatic rings. The fourth-order valence-electron chi connectivity index (χ4n) is 2.50. The number of pyridine rings is 1. The minimum atomic E-state index is -0.0709. The monoisotopic (exact) mass is 286 g/mol. The van der Waals surface area contributed by atoms with E-state index in [0.29, 0.717) is 12.1 Å². The summed E-state index contributed by atoms with van der Waals surface area (Å²) in [6, 6.07) is 5.50. The average molecular weight is 286 g/mol. The van der Waals surface area contributed by atoms with Gasteiger partial charge >= 0.3 is 0 Å². The van der Waals surface area contributed by atoms with Gasteiger partial charge in [-0.3, -0.25) is 4.79 Å². The largest absolute Gasteiger partial charge is 0.364 e. The number of hydrogen-bond donors (Lipinski definition) is 0. The number of carbonyl (C=O) groups is 1. The number of rotatable bonds is 4. The fourth-order valence-corrected chi connectivity index (χ4v) is 2.50. The van der Waals surface area contributed by atoms with Crippen molar-refractivity contribution in [2.75, 3.05) is 25.0 Å². The third-order valence-electron chi connectivity index (χ3n) is 3.66. The van der Waals surface area contributed by atoms with Gasteiger partial charge in [-0.05, 0) is 25.0 Å². The van der Waals surface area contributed by atoms with Crippen LogP contribution < -0.4 is 4.90 Å². The Hall–Kier alpha value is -2.37. The summed E-state index contributed by atoms with van der Waals surface area (Å²) in [5.41, 5.74) is 1.32. The van der Waals surface area contributed by atoms with Gasteiger partial charge in [0, 0.05) is 32.4 Å². The van der Waals surface area contributed by atoms with Gasteiger partial charge in [0.1, 0.15) is 17.8 Å². The van der Waals surface area contributed by atoms with E-state index in [1.807, 2.05) is 12.1 Å². The molecule has 2 aromatic heterocycles. The molecular formula is C15H18N4O2. The van der Waals surface area contributed by atoms with Gasteiger partial charge in [-0.15, -0.1) is 0 Å². The lowest BCUT2D eigenvalue weighted by molar-refractivity contribution is 0.0782. The molecule has 0 unspecified atom stereocenters. The molecule has 0 saturated carbocycles. The van der Waals surface area contributed by atoms with Crippen LogP contribution >= 0.6 is 0 Å². The molecule has 110 valence electrons. The number of aromatic nitrogens is 2. The van der Waals surface area contributed by atoms with Gasteiger partial charge < -0.3 is 14.3 Å². The molecule has 3 rings (SSSR count). The van der Waals surface area contributed by atoms with Crippen LogP contribution in [0, 0.1) is 0 Å². The molecule has 0 radical (unpaired) electrons. The van der Waals surface area contributed by atoms with Crippen molar-refractivity contribution < 1.29 is 9.32 Å². The molecule has 1 fully saturated rings. The smallest absolute Gasteiger partial charge is 0.255 e. The van der Waals surface area contributed by atoms with Gasteiger partial charge in [-0.25, -0.2) is 4.98 Å². The van der Waals surface area contributed by atoms with Crippen molar-refractivity contribution in [2.24, 2.45) is 0 Å². The van der Waals surface area contributed by atoms with E-state index >= 15 is 0 Å². The maximum Gasteiger partial charge on any atom is 0.255 e. The highest BCUT2D eigenvalue weighted by Gasteiger charge is 2.16. The minimum Gasteiger partial charge on any atom is -0.364 e. The van der Waals surface area contributed by atoms with E-state index < -0.39 is 0 Å². The summed E-state index contributed by atoms with van der Waals surface area (Å²) >= 11 is 0. The zero-order valence-electron chi connectivity index (χ0n) is 12.0. The van der Waals surface area contributed by atoms with Crippen molar-refractivity contribution in [1.82, 2.24) is 15.0 Å². The molecule has 0 atom stereocenters. The molecule has 1 saturated heterocycles. The molecule has 0 bridgehead atoms. The molecule has 0 aromatic carbocycles. The SMILES string of the molecule is CN(Cc1ccon1)C(=O)c1ccc(N2CCCC2)nc1. The standard InChI is InChI=1S/C15H18N4O2/c1-18(11-13-6-9-21-17-13)15(20)12-4-5-14(16-10-12)19-7-2-3-8-19/h4-6,9-10H,2-3,7-8,11H2,1H3. The first-order valence-electron chi connectivity index (χ1n) is 7.10. The minimum absolute atomic E-state index is 0.0709. The predicted octanol–water partition coefficient (Wildman–Crippen LogP) is 1.94. The molecule has 1 amide bonds. The van der Waals surface area contributed by atoms with Crippen molar-refractivity contribution in [1.29, 1.82) is 0 Å². The van der Waals surface area contributed by atoms with Gasteiger partial charge in [0.05, 0.1) is 12.1 Å². The molecule has 0 N–H and O–H groups in total. The van der Waals surface area contributed by atoms with Gasteiger partial charge in [-0.2, -0.15) is 0 Å². The highest BCUT2D eigenvalue weighted by atomic mass is 16.5. The third-order valence-corrected chi connectivity index (χ3v) is 3.66. The number of carbonyl (C=O) groups excluding carboxylic acids is 1. The lowest BCUT2D eigenvalue weighted by Crippen LogP contribution is -2.26. The van der Waals surface area contributed by atoms with Crippen LogP contribution in [0.2, 0.25) is 0 Å². The normalized spacial score (nSPS) is 14.4. The maximum absolute atomic E-state index is 12.3. The Balaban J connectivity index is 1.66. The second kappa shape index (κ2) is 5.95. The first-order valence-corrected chi connectivity index (χ1v) is 7.10. The number of hydrogen-bond acceptors (Lipinski definition) is 5. The first kappa shape index (κ1) is 13.6. The Morgan fingerprint density at radius 3 is 2.76 bits per heavy atom. The molecule has 1 aliphatic heterocycles. The Morgan fingerprint density at radius 2 is 2.14 bits per heavy atom. The zero-order chi connectivity index (χ0) is 14.7. The molecular weight excluding hydrogens is 268 g/mol. The molecule has 0 spiro atoms. The van der Waals surface area contributed by atoms with Crippen LogP contribution in [0.1, 0.15) is 28.9 Å². The van der Waals surface area contributed by atoms with Crippen LogP contribution in [0.15, 0.2) is 35.2 Å². The number of nitrogens with zero attached hydrogens (tertiary/aromatic N) is 4. The molecule has 6 nitrogen and oxygen atoms in total. The highest BCUT2D eigenvalue weighted by molar-refractivity contribution is 5.93. The Labute approximate surface area is 123 Å². The van der Waals surface area contributed by atoms with E-state index in [9.17, 15) is 4.79 Å². The van der Waals surface area contributed by atoms with E-state index in [1.165, 1.54) is 19.1 Å². The van der Waals surface area contributed by atoms with E-state index in [2.05, 4.69) is 15.0 Å². The second-order valence-corrected chi connectivity index (χ2v) is 5.25. The second-order valence-electron chi connectivity index (χ2n) is 5.25. The lowest BCUT2D eigenvalue weighted by Gasteiger charge is -2.18. The number of anilines is 1. The quantitative estimate of drug-likeness (QED) is 0.859. The van der Waals surface area contributed by atoms with Crippen molar-refractivity contribution in [2.45, 2.75) is 19.4 Å². The zero-order valence-corrected chi connectivity index (χ0v) is 12.0. The summed E-state index contributed by atoms with van der Waals surface area (Å²) in [4.78, 5) is 20.6. The number of amides is 1. The van der Waals surface area contributed by atoms with Crippen molar-refractivity contribution in [3.63, 3.8) is 0 Å². The average Bonchev–Trinajstić information content (AvgIpc) is 3.20. The topological polar surface area (TPSA) is 62.5 Å². The van der Waals surface area contributed by atoms with Gasteiger partial charge in [0.2, 0.25) is 0 Å². The third kappa shape index (κ3) is 3.04. The molecule has 21 heavy (non-hydrogen) atoms. The van der Waals surface area contributed by atoms with E-state index in [0.717, 1.165) is 24.6 Å².